The Bertz CT molecular complexity index is 849. The van der Waals surface area contributed by atoms with Gasteiger partial charge in [0.25, 0.3) is 0 Å². The van der Waals surface area contributed by atoms with E-state index in [0.29, 0.717) is 17.7 Å². The molecule has 0 aromatic heterocycles. The van der Waals surface area contributed by atoms with Gasteiger partial charge in [0, 0.05) is 0 Å². The molecule has 0 unspecified atom stereocenters. The van der Waals surface area contributed by atoms with Crippen LogP contribution in [-0.4, -0.2) is 70.3 Å². The number of aryl methyl sites for hydroxylation is 1. The maximum atomic E-state index is 12.3. The number of benzene rings is 2. The Morgan fingerprint density at radius 3 is 2.16 bits per heavy atom. The second-order valence-electron chi connectivity index (χ2n) is 7.80. The lowest BCUT2D eigenvalue weighted by atomic mass is 9.99. The van der Waals surface area contributed by atoms with Crippen LogP contribution in [0.4, 0.5) is 0 Å². The van der Waals surface area contributed by atoms with E-state index in [1.807, 2.05) is 12.1 Å². The number of ether oxygens (including phenoxy) is 3. The Morgan fingerprint density at radius 2 is 1.53 bits per heavy atom. The van der Waals surface area contributed by atoms with E-state index >= 15 is 0 Å². The monoisotopic (exact) mass is 446 g/mol. The minimum Gasteiger partial charge on any atom is -0.423 e. The van der Waals surface area contributed by atoms with Crippen molar-refractivity contribution in [3.05, 3.63) is 65.2 Å². The topological polar surface area (TPSA) is 126 Å². The fourth-order valence-corrected chi connectivity index (χ4v) is 3.48. The Hall–Kier alpha value is -2.33. The molecule has 1 aliphatic rings. The van der Waals surface area contributed by atoms with Gasteiger partial charge >= 0.3 is 5.97 Å². The molecule has 32 heavy (non-hydrogen) atoms. The largest absolute Gasteiger partial charge is 0.423 e. The van der Waals surface area contributed by atoms with E-state index in [2.05, 4.69) is 6.92 Å². The van der Waals surface area contributed by atoms with Gasteiger partial charge in [-0.3, -0.25) is 0 Å². The molecule has 2 aromatic rings. The average molecular weight is 446 g/mol. The maximum absolute atomic E-state index is 12.3. The molecule has 2 aromatic carbocycles. The van der Waals surface area contributed by atoms with Crippen molar-refractivity contribution >= 4 is 5.97 Å². The van der Waals surface area contributed by atoms with Gasteiger partial charge in [0.2, 0.25) is 0 Å². The number of esters is 1. The predicted octanol–water partition coefficient (Wildman–Crippen LogP) is 1.22. The molecule has 0 saturated carbocycles. The summed E-state index contributed by atoms with van der Waals surface area (Å²) in [6, 6.07) is 14.3. The Labute approximate surface area is 187 Å². The average Bonchev–Trinajstić information content (AvgIpc) is 2.81. The van der Waals surface area contributed by atoms with Crippen molar-refractivity contribution in [3.8, 4) is 5.75 Å². The minimum atomic E-state index is -1.47. The fraction of sp³-hybridized carbons (Fsp3) is 0.458. The number of carbonyl (C=O) groups excluding carboxylic acids is 1. The van der Waals surface area contributed by atoms with Crippen LogP contribution in [0.3, 0.4) is 0 Å². The van der Waals surface area contributed by atoms with E-state index in [4.69, 9.17) is 14.2 Å². The summed E-state index contributed by atoms with van der Waals surface area (Å²) in [5.74, 6) is -0.00186. The summed E-state index contributed by atoms with van der Waals surface area (Å²) >= 11 is 0. The molecule has 4 N–H and O–H groups in total. The first kappa shape index (κ1) is 24.3. The van der Waals surface area contributed by atoms with Crippen molar-refractivity contribution < 1.29 is 39.4 Å². The molecule has 1 fully saturated rings. The highest BCUT2D eigenvalue weighted by molar-refractivity contribution is 5.91. The summed E-state index contributed by atoms with van der Waals surface area (Å²) in [5, 5.41) is 38.8. The normalized spacial score (nSPS) is 25.5. The number of rotatable bonds is 9. The molecule has 0 spiro atoms. The quantitative estimate of drug-likeness (QED) is 0.335. The molecule has 174 valence electrons. The van der Waals surface area contributed by atoms with Crippen molar-refractivity contribution in [1.82, 2.24) is 0 Å². The Kier molecular flexibility index (Phi) is 8.75. The molecular weight excluding hydrogens is 416 g/mol. The number of carbonyl (C=O) groups is 1. The lowest BCUT2D eigenvalue weighted by Gasteiger charge is -2.39. The molecule has 0 radical (unpaired) electrons. The van der Waals surface area contributed by atoms with Crippen LogP contribution in [0.15, 0.2) is 48.5 Å². The summed E-state index contributed by atoms with van der Waals surface area (Å²) in [6.07, 6.45) is -3.99. The lowest BCUT2D eigenvalue weighted by Crippen LogP contribution is -2.59. The van der Waals surface area contributed by atoms with Crippen molar-refractivity contribution in [2.75, 3.05) is 13.2 Å². The summed E-state index contributed by atoms with van der Waals surface area (Å²) in [4.78, 5) is 12.3. The van der Waals surface area contributed by atoms with Crippen LogP contribution >= 0.6 is 0 Å². The number of hydrogen-bond donors (Lipinski definition) is 4. The zero-order valence-corrected chi connectivity index (χ0v) is 18.0. The highest BCUT2D eigenvalue weighted by Crippen LogP contribution is 2.22. The van der Waals surface area contributed by atoms with E-state index in [1.165, 1.54) is 5.56 Å². The molecule has 0 bridgehead atoms. The van der Waals surface area contributed by atoms with E-state index in [1.54, 1.807) is 36.4 Å². The van der Waals surface area contributed by atoms with E-state index in [9.17, 15) is 25.2 Å². The highest BCUT2D eigenvalue weighted by Gasteiger charge is 2.43. The van der Waals surface area contributed by atoms with Gasteiger partial charge in [-0.25, -0.2) is 4.79 Å². The van der Waals surface area contributed by atoms with Crippen LogP contribution in [0, 0.1) is 0 Å². The second-order valence-corrected chi connectivity index (χ2v) is 7.80. The first-order valence-electron chi connectivity index (χ1n) is 10.7. The molecule has 0 amide bonds. The molecule has 0 aliphatic carbocycles. The van der Waals surface area contributed by atoms with Crippen LogP contribution in [0.1, 0.15) is 34.8 Å². The van der Waals surface area contributed by atoms with E-state index in [-0.39, 0.29) is 6.61 Å². The van der Waals surface area contributed by atoms with Gasteiger partial charge in [0.15, 0.2) is 6.29 Å². The second kappa shape index (κ2) is 11.5. The molecule has 3 rings (SSSR count). The zero-order valence-electron chi connectivity index (χ0n) is 18.0. The van der Waals surface area contributed by atoms with Crippen LogP contribution in [0.2, 0.25) is 0 Å². The van der Waals surface area contributed by atoms with Gasteiger partial charge in [-0.1, -0.05) is 37.6 Å². The van der Waals surface area contributed by atoms with Crippen LogP contribution in [-0.2, 0) is 22.3 Å². The summed E-state index contributed by atoms with van der Waals surface area (Å²) in [7, 11) is 0. The van der Waals surface area contributed by atoms with Crippen LogP contribution < -0.4 is 4.74 Å². The first-order chi connectivity index (χ1) is 15.4. The molecule has 1 saturated heterocycles. The van der Waals surface area contributed by atoms with Gasteiger partial charge < -0.3 is 34.6 Å². The number of hydrogen-bond acceptors (Lipinski definition) is 8. The van der Waals surface area contributed by atoms with Crippen molar-refractivity contribution in [2.45, 2.75) is 56.9 Å². The summed E-state index contributed by atoms with van der Waals surface area (Å²) in [5.41, 5.74) is 2.57. The molecule has 1 heterocycles. The number of aliphatic hydroxyl groups excluding tert-OH is 4. The molecule has 8 heteroatoms. The SMILES string of the molecule is CCCc1ccc(C(=O)Oc2ccc(CCO[C@@H]3O[C@H](CO)[C@@H](O)[C@H](O)[C@H]3O)cc2)cc1. The smallest absolute Gasteiger partial charge is 0.343 e. The molecule has 8 nitrogen and oxygen atoms in total. The van der Waals surface area contributed by atoms with Crippen LogP contribution in [0.25, 0.3) is 0 Å². The first-order valence-corrected chi connectivity index (χ1v) is 10.7. The predicted molar refractivity (Wildman–Crippen MR) is 115 cm³/mol. The van der Waals surface area contributed by atoms with Gasteiger partial charge in [0.05, 0.1) is 18.8 Å². The van der Waals surface area contributed by atoms with Crippen molar-refractivity contribution in [2.24, 2.45) is 0 Å². The van der Waals surface area contributed by atoms with E-state index < -0.39 is 43.3 Å². The third kappa shape index (κ3) is 6.13. The van der Waals surface area contributed by atoms with Gasteiger partial charge in [-0.05, 0) is 48.2 Å². The standard InChI is InChI=1S/C24H30O8/c1-2-3-15-4-8-17(9-5-15)23(29)31-18-10-6-16(7-11-18)12-13-30-24-22(28)21(27)20(26)19(14-25)32-24/h4-11,19-22,24-28H,2-3,12-14H2,1H3/t19-,20-,21+,22-,24-/m1/s1. The minimum absolute atomic E-state index is 0.173. The third-order valence-corrected chi connectivity index (χ3v) is 5.38. The number of aliphatic hydroxyl groups is 4. The van der Waals surface area contributed by atoms with Gasteiger partial charge in [0.1, 0.15) is 30.2 Å². The Morgan fingerprint density at radius 1 is 0.906 bits per heavy atom. The zero-order chi connectivity index (χ0) is 23.1. The molecule has 1 aliphatic heterocycles. The Balaban J connectivity index is 1.48. The fourth-order valence-electron chi connectivity index (χ4n) is 3.48. The summed E-state index contributed by atoms with van der Waals surface area (Å²) in [6.45, 7) is 1.77. The van der Waals surface area contributed by atoms with Gasteiger partial charge in [-0.2, -0.15) is 0 Å². The molecular formula is C24H30O8. The third-order valence-electron chi connectivity index (χ3n) is 5.38. The lowest BCUT2D eigenvalue weighted by molar-refractivity contribution is -0.300. The molecule has 5 atom stereocenters. The van der Waals surface area contributed by atoms with Crippen molar-refractivity contribution in [3.63, 3.8) is 0 Å². The van der Waals surface area contributed by atoms with Crippen LogP contribution in [0.5, 0.6) is 5.75 Å². The van der Waals surface area contributed by atoms with Crippen molar-refractivity contribution in [1.29, 1.82) is 0 Å². The summed E-state index contributed by atoms with van der Waals surface area (Å²) < 4.78 is 16.2. The van der Waals surface area contributed by atoms with Gasteiger partial charge in [-0.15, -0.1) is 0 Å². The maximum Gasteiger partial charge on any atom is 0.343 e. The highest BCUT2D eigenvalue weighted by atomic mass is 16.7. The van der Waals surface area contributed by atoms with E-state index in [0.717, 1.165) is 18.4 Å².